The van der Waals surface area contributed by atoms with Gasteiger partial charge in [0, 0.05) is 12.1 Å². The summed E-state index contributed by atoms with van der Waals surface area (Å²) < 4.78 is 30.4. The van der Waals surface area contributed by atoms with E-state index in [1.807, 2.05) is 19.1 Å². The SMILES string of the molecule is Cc1ccc(-n2[nH]c(C(=O)Nc3cccc(OCC(F)F)n3)cc2=O)cc1. The lowest BCUT2D eigenvalue weighted by Gasteiger charge is -2.07. The average molecular weight is 374 g/mol. The molecule has 0 aliphatic carbocycles. The molecule has 140 valence electrons. The van der Waals surface area contributed by atoms with E-state index in [1.165, 1.54) is 22.9 Å². The standard InChI is InChI=1S/C18H16F2N4O3/c1-11-5-7-12(8-6-11)24-17(25)9-13(23-24)18(26)22-15-3-2-4-16(21-15)27-10-14(19)20/h2-9,14,23H,10H2,1H3,(H,21,22,26). The minimum Gasteiger partial charge on any atom is -0.472 e. The molecule has 7 nitrogen and oxygen atoms in total. The topological polar surface area (TPSA) is 89.0 Å². The first-order valence-corrected chi connectivity index (χ1v) is 8.01. The van der Waals surface area contributed by atoms with E-state index in [0.29, 0.717) is 5.69 Å². The number of rotatable bonds is 6. The smallest absolute Gasteiger partial charge is 0.274 e. The summed E-state index contributed by atoms with van der Waals surface area (Å²) in [6.45, 7) is 1.13. The fourth-order valence-electron chi connectivity index (χ4n) is 2.29. The zero-order valence-corrected chi connectivity index (χ0v) is 14.3. The molecular formula is C18H16F2N4O3. The highest BCUT2D eigenvalue weighted by Crippen LogP contribution is 2.13. The highest BCUT2D eigenvalue weighted by Gasteiger charge is 2.13. The molecule has 9 heteroatoms. The lowest BCUT2D eigenvalue weighted by Crippen LogP contribution is -2.15. The maximum atomic E-state index is 12.3. The van der Waals surface area contributed by atoms with Gasteiger partial charge >= 0.3 is 0 Å². The molecule has 2 N–H and O–H groups in total. The molecule has 27 heavy (non-hydrogen) atoms. The molecule has 0 fully saturated rings. The van der Waals surface area contributed by atoms with Crippen LogP contribution in [0.4, 0.5) is 14.6 Å². The molecule has 0 saturated heterocycles. The highest BCUT2D eigenvalue weighted by atomic mass is 19.3. The summed E-state index contributed by atoms with van der Waals surface area (Å²) in [7, 11) is 0. The maximum Gasteiger partial charge on any atom is 0.274 e. The molecule has 0 spiro atoms. The van der Waals surface area contributed by atoms with Crippen molar-refractivity contribution in [1.82, 2.24) is 14.8 Å². The number of carbonyl (C=O) groups is 1. The number of pyridine rings is 1. The summed E-state index contributed by atoms with van der Waals surface area (Å²) in [6, 6.07) is 12.7. The van der Waals surface area contributed by atoms with Crippen LogP contribution in [0, 0.1) is 6.92 Å². The molecule has 3 aromatic rings. The van der Waals surface area contributed by atoms with Gasteiger partial charge in [-0.25, -0.2) is 13.5 Å². The zero-order chi connectivity index (χ0) is 19.4. The first kappa shape index (κ1) is 18.3. The summed E-state index contributed by atoms with van der Waals surface area (Å²) >= 11 is 0. The number of hydrogen-bond acceptors (Lipinski definition) is 4. The fraction of sp³-hybridized carbons (Fsp3) is 0.167. The minimum absolute atomic E-state index is 0.0290. The van der Waals surface area contributed by atoms with Crippen LogP contribution >= 0.6 is 0 Å². The molecular weight excluding hydrogens is 358 g/mol. The molecule has 0 aliphatic heterocycles. The van der Waals surface area contributed by atoms with Crippen molar-refractivity contribution in [2.24, 2.45) is 0 Å². The molecule has 0 saturated carbocycles. The number of hydrogen-bond donors (Lipinski definition) is 2. The molecule has 2 heterocycles. The number of aromatic amines is 1. The lowest BCUT2D eigenvalue weighted by molar-refractivity contribution is 0.0796. The van der Waals surface area contributed by atoms with Crippen molar-refractivity contribution >= 4 is 11.7 Å². The Kier molecular flexibility index (Phi) is 5.30. The second-order valence-corrected chi connectivity index (χ2v) is 5.70. The van der Waals surface area contributed by atoms with E-state index in [4.69, 9.17) is 4.74 Å². The quantitative estimate of drug-likeness (QED) is 0.694. The van der Waals surface area contributed by atoms with Gasteiger partial charge in [0.1, 0.15) is 11.5 Å². The van der Waals surface area contributed by atoms with Gasteiger partial charge < -0.3 is 10.1 Å². The summed E-state index contributed by atoms with van der Waals surface area (Å²) in [5.74, 6) is -0.536. The first-order chi connectivity index (χ1) is 12.9. The third-order valence-corrected chi connectivity index (χ3v) is 3.58. The molecule has 3 rings (SSSR count). The van der Waals surface area contributed by atoms with E-state index in [0.717, 1.165) is 11.6 Å². The first-order valence-electron chi connectivity index (χ1n) is 8.01. The molecule has 0 atom stereocenters. The van der Waals surface area contributed by atoms with Gasteiger partial charge in [-0.3, -0.25) is 14.7 Å². The number of nitrogens with zero attached hydrogens (tertiary/aromatic N) is 2. The molecule has 2 aromatic heterocycles. The van der Waals surface area contributed by atoms with Crippen LogP contribution in [0.3, 0.4) is 0 Å². The van der Waals surface area contributed by atoms with Crippen LogP contribution in [-0.2, 0) is 0 Å². The van der Waals surface area contributed by atoms with Gasteiger partial charge in [0.05, 0.1) is 5.69 Å². The predicted molar refractivity (Wildman–Crippen MR) is 94.8 cm³/mol. The van der Waals surface area contributed by atoms with Crippen molar-refractivity contribution in [2.45, 2.75) is 13.3 Å². The van der Waals surface area contributed by atoms with E-state index in [2.05, 4.69) is 15.4 Å². The Hall–Kier alpha value is -3.49. The van der Waals surface area contributed by atoms with Gasteiger partial charge in [-0.1, -0.05) is 23.8 Å². The number of amides is 1. The van der Waals surface area contributed by atoms with Gasteiger partial charge in [-0.15, -0.1) is 0 Å². The normalized spacial score (nSPS) is 10.8. The highest BCUT2D eigenvalue weighted by molar-refractivity contribution is 6.02. The van der Waals surface area contributed by atoms with Crippen LogP contribution in [0.1, 0.15) is 16.1 Å². The summed E-state index contributed by atoms with van der Waals surface area (Å²) in [5.41, 5.74) is 1.26. The zero-order valence-electron chi connectivity index (χ0n) is 14.3. The van der Waals surface area contributed by atoms with Crippen LogP contribution in [0.5, 0.6) is 5.88 Å². The summed E-state index contributed by atoms with van der Waals surface area (Å²) in [5, 5.41) is 5.21. The predicted octanol–water partition coefficient (Wildman–Crippen LogP) is 2.77. The van der Waals surface area contributed by atoms with Crippen LogP contribution in [-0.4, -0.2) is 33.7 Å². The Morgan fingerprint density at radius 2 is 2.00 bits per heavy atom. The van der Waals surface area contributed by atoms with Crippen LogP contribution in [0.25, 0.3) is 5.69 Å². The molecule has 1 amide bonds. The van der Waals surface area contributed by atoms with E-state index >= 15 is 0 Å². The number of halogens is 2. The van der Waals surface area contributed by atoms with Crippen LogP contribution in [0.15, 0.2) is 53.3 Å². The van der Waals surface area contributed by atoms with Crippen molar-refractivity contribution in [3.63, 3.8) is 0 Å². The van der Waals surface area contributed by atoms with Gasteiger partial charge in [0.25, 0.3) is 17.9 Å². The van der Waals surface area contributed by atoms with Crippen molar-refractivity contribution in [3.05, 3.63) is 70.1 Å². The molecule has 0 bridgehead atoms. The Labute approximate surface area is 152 Å². The fourth-order valence-corrected chi connectivity index (χ4v) is 2.29. The second-order valence-electron chi connectivity index (χ2n) is 5.70. The number of aromatic nitrogens is 3. The molecule has 0 aliphatic rings. The Balaban J connectivity index is 1.75. The number of benzene rings is 1. The van der Waals surface area contributed by atoms with Crippen LogP contribution in [0.2, 0.25) is 0 Å². The number of carbonyl (C=O) groups excluding carboxylic acids is 1. The molecule has 1 aromatic carbocycles. The largest absolute Gasteiger partial charge is 0.472 e. The van der Waals surface area contributed by atoms with Gasteiger partial charge in [0.2, 0.25) is 5.88 Å². The third kappa shape index (κ3) is 4.57. The van der Waals surface area contributed by atoms with Gasteiger partial charge in [-0.05, 0) is 25.1 Å². The number of nitrogens with one attached hydrogen (secondary N) is 2. The van der Waals surface area contributed by atoms with E-state index in [1.54, 1.807) is 12.1 Å². The number of ether oxygens (including phenoxy) is 1. The van der Waals surface area contributed by atoms with E-state index < -0.39 is 24.5 Å². The number of anilines is 1. The van der Waals surface area contributed by atoms with E-state index in [9.17, 15) is 18.4 Å². The summed E-state index contributed by atoms with van der Waals surface area (Å²) in [4.78, 5) is 28.4. The van der Waals surface area contributed by atoms with E-state index in [-0.39, 0.29) is 17.4 Å². The minimum atomic E-state index is -2.63. The number of aryl methyl sites for hydroxylation is 1. The van der Waals surface area contributed by atoms with Crippen molar-refractivity contribution in [3.8, 4) is 11.6 Å². The van der Waals surface area contributed by atoms with Gasteiger partial charge in [0.15, 0.2) is 6.61 Å². The van der Waals surface area contributed by atoms with Crippen molar-refractivity contribution in [1.29, 1.82) is 0 Å². The summed E-state index contributed by atoms with van der Waals surface area (Å²) in [6.07, 6.45) is -2.63. The molecule has 0 radical (unpaired) electrons. The molecule has 0 unspecified atom stereocenters. The Morgan fingerprint density at radius 3 is 2.70 bits per heavy atom. The second kappa shape index (κ2) is 7.81. The van der Waals surface area contributed by atoms with Crippen molar-refractivity contribution < 1.29 is 18.3 Å². The lowest BCUT2D eigenvalue weighted by atomic mass is 10.2. The number of alkyl halides is 2. The van der Waals surface area contributed by atoms with Gasteiger partial charge in [-0.2, -0.15) is 4.98 Å². The maximum absolute atomic E-state index is 12.3. The average Bonchev–Trinajstić information content (AvgIpc) is 3.03. The monoisotopic (exact) mass is 374 g/mol. The Bertz CT molecular complexity index is 996. The van der Waals surface area contributed by atoms with Crippen LogP contribution < -0.4 is 15.6 Å². The number of H-pyrrole nitrogens is 1. The Morgan fingerprint density at radius 1 is 1.26 bits per heavy atom. The van der Waals surface area contributed by atoms with Crippen molar-refractivity contribution in [2.75, 3.05) is 11.9 Å². The third-order valence-electron chi connectivity index (χ3n) is 3.58.